The smallest absolute Gasteiger partial charge is 0.306 e. The first-order valence-electron chi connectivity index (χ1n) is 7.87. The number of esters is 1. The van der Waals surface area contributed by atoms with Crippen molar-refractivity contribution in [1.82, 2.24) is 0 Å². The Bertz CT molecular complexity index is 556. The summed E-state index contributed by atoms with van der Waals surface area (Å²) in [6, 6.07) is 4.92. The molecule has 0 unspecified atom stereocenters. The highest BCUT2D eigenvalue weighted by atomic mass is 35.5. The third kappa shape index (κ3) is 5.75. The van der Waals surface area contributed by atoms with Gasteiger partial charge in [-0.3, -0.25) is 9.59 Å². The third-order valence-electron chi connectivity index (χ3n) is 3.98. The number of nitrogens with one attached hydrogen (secondary N) is 1. The average molecular weight is 340 g/mol. The number of hydrogen-bond donors (Lipinski definition) is 1. The Balaban J connectivity index is 1.73. The van der Waals surface area contributed by atoms with E-state index in [1.165, 1.54) is 26.4 Å². The SMILES string of the molecule is COc1ccc(NC(=O)COC(=O)CC2CCCCC2)cc1Cl. The van der Waals surface area contributed by atoms with Crippen LogP contribution in [0.4, 0.5) is 5.69 Å². The molecule has 1 aliphatic carbocycles. The Kier molecular flexibility index (Phi) is 6.71. The highest BCUT2D eigenvalue weighted by Crippen LogP contribution is 2.27. The third-order valence-corrected chi connectivity index (χ3v) is 4.28. The number of halogens is 1. The molecule has 1 saturated carbocycles. The van der Waals surface area contributed by atoms with Crippen molar-refractivity contribution in [3.8, 4) is 5.75 Å². The van der Waals surface area contributed by atoms with Gasteiger partial charge in [-0.15, -0.1) is 0 Å². The summed E-state index contributed by atoms with van der Waals surface area (Å²) in [5.74, 6) is 0.242. The summed E-state index contributed by atoms with van der Waals surface area (Å²) in [7, 11) is 1.52. The zero-order valence-corrected chi connectivity index (χ0v) is 14.0. The van der Waals surface area contributed by atoms with Crippen molar-refractivity contribution in [3.05, 3.63) is 23.2 Å². The summed E-state index contributed by atoms with van der Waals surface area (Å²) in [4.78, 5) is 23.6. The summed E-state index contributed by atoms with van der Waals surface area (Å²) >= 11 is 5.99. The van der Waals surface area contributed by atoms with Crippen LogP contribution in [0.3, 0.4) is 0 Å². The molecule has 1 N–H and O–H groups in total. The predicted molar refractivity (Wildman–Crippen MR) is 88.8 cm³/mol. The number of carbonyl (C=O) groups excluding carboxylic acids is 2. The van der Waals surface area contributed by atoms with Gasteiger partial charge in [0.25, 0.3) is 5.91 Å². The predicted octanol–water partition coefficient (Wildman–Crippen LogP) is 3.80. The molecule has 0 saturated heterocycles. The highest BCUT2D eigenvalue weighted by Gasteiger charge is 2.18. The molecular weight excluding hydrogens is 318 g/mol. The largest absolute Gasteiger partial charge is 0.495 e. The molecule has 0 radical (unpaired) electrons. The average Bonchev–Trinajstić information content (AvgIpc) is 2.54. The topological polar surface area (TPSA) is 64.6 Å². The van der Waals surface area contributed by atoms with Crippen LogP contribution in [-0.4, -0.2) is 25.6 Å². The molecule has 0 bridgehead atoms. The van der Waals surface area contributed by atoms with Crippen LogP contribution in [0.25, 0.3) is 0 Å². The van der Waals surface area contributed by atoms with Crippen LogP contribution in [0.15, 0.2) is 18.2 Å². The molecule has 1 fully saturated rings. The molecule has 5 nitrogen and oxygen atoms in total. The lowest BCUT2D eigenvalue weighted by Crippen LogP contribution is -2.22. The standard InChI is InChI=1S/C17H22ClNO4/c1-22-15-8-7-13(10-14(15)18)19-16(20)11-23-17(21)9-12-5-3-2-4-6-12/h7-8,10,12H,2-6,9,11H2,1H3,(H,19,20). The molecule has 0 aliphatic heterocycles. The summed E-state index contributed by atoms with van der Waals surface area (Å²) in [6.45, 7) is -0.283. The fourth-order valence-corrected chi connectivity index (χ4v) is 3.03. The zero-order chi connectivity index (χ0) is 16.7. The lowest BCUT2D eigenvalue weighted by atomic mass is 9.87. The second kappa shape index (κ2) is 8.77. The first-order chi connectivity index (χ1) is 11.1. The minimum atomic E-state index is -0.386. The number of benzene rings is 1. The van der Waals surface area contributed by atoms with Crippen molar-refractivity contribution in [2.24, 2.45) is 5.92 Å². The van der Waals surface area contributed by atoms with Gasteiger partial charge < -0.3 is 14.8 Å². The molecule has 0 spiro atoms. The summed E-state index contributed by atoms with van der Waals surface area (Å²) in [5, 5.41) is 3.04. The molecular formula is C17H22ClNO4. The maximum absolute atomic E-state index is 11.8. The molecule has 0 aromatic heterocycles. The van der Waals surface area contributed by atoms with E-state index in [1.807, 2.05) is 0 Å². The molecule has 1 aromatic rings. The second-order valence-electron chi connectivity index (χ2n) is 5.77. The van der Waals surface area contributed by atoms with Crippen LogP contribution >= 0.6 is 11.6 Å². The van der Waals surface area contributed by atoms with Crippen LogP contribution < -0.4 is 10.1 Å². The van der Waals surface area contributed by atoms with Gasteiger partial charge in [-0.05, 0) is 37.0 Å². The summed E-state index contributed by atoms with van der Waals surface area (Å²) < 4.78 is 10.1. The molecule has 2 rings (SSSR count). The van der Waals surface area contributed by atoms with Crippen molar-refractivity contribution in [2.75, 3.05) is 19.0 Å². The molecule has 23 heavy (non-hydrogen) atoms. The molecule has 126 valence electrons. The Hall–Kier alpha value is -1.75. The van der Waals surface area contributed by atoms with Gasteiger partial charge in [0.2, 0.25) is 0 Å². The normalized spacial score (nSPS) is 15.0. The van der Waals surface area contributed by atoms with E-state index in [0.717, 1.165) is 12.8 Å². The van der Waals surface area contributed by atoms with Crippen molar-refractivity contribution >= 4 is 29.2 Å². The van der Waals surface area contributed by atoms with Gasteiger partial charge in [0, 0.05) is 12.1 Å². The van der Waals surface area contributed by atoms with E-state index in [9.17, 15) is 9.59 Å². The van der Waals surface area contributed by atoms with Crippen LogP contribution in [0, 0.1) is 5.92 Å². The van der Waals surface area contributed by atoms with Crippen LogP contribution in [-0.2, 0) is 14.3 Å². The number of amides is 1. The van der Waals surface area contributed by atoms with E-state index in [1.54, 1.807) is 18.2 Å². The fourth-order valence-electron chi connectivity index (χ4n) is 2.77. The Labute approximate surface area is 141 Å². The maximum atomic E-state index is 11.8. The molecule has 1 aliphatic rings. The molecule has 6 heteroatoms. The number of ether oxygens (including phenoxy) is 2. The number of hydrogen-bond acceptors (Lipinski definition) is 4. The van der Waals surface area contributed by atoms with Gasteiger partial charge in [0.15, 0.2) is 6.61 Å². The van der Waals surface area contributed by atoms with E-state index >= 15 is 0 Å². The number of rotatable bonds is 6. The minimum Gasteiger partial charge on any atom is -0.495 e. The Morgan fingerprint density at radius 1 is 1.26 bits per heavy atom. The van der Waals surface area contributed by atoms with Crippen LogP contribution in [0.2, 0.25) is 5.02 Å². The Morgan fingerprint density at radius 3 is 2.65 bits per heavy atom. The molecule has 1 amide bonds. The van der Waals surface area contributed by atoms with E-state index in [0.29, 0.717) is 28.8 Å². The second-order valence-corrected chi connectivity index (χ2v) is 6.17. The van der Waals surface area contributed by atoms with Gasteiger partial charge in [-0.1, -0.05) is 30.9 Å². The maximum Gasteiger partial charge on any atom is 0.306 e. The first kappa shape index (κ1) is 17.6. The van der Waals surface area contributed by atoms with Gasteiger partial charge in [-0.2, -0.15) is 0 Å². The fraction of sp³-hybridized carbons (Fsp3) is 0.529. The van der Waals surface area contributed by atoms with Crippen molar-refractivity contribution < 1.29 is 19.1 Å². The lowest BCUT2D eigenvalue weighted by molar-refractivity contribution is -0.148. The van der Waals surface area contributed by atoms with Crippen molar-refractivity contribution in [3.63, 3.8) is 0 Å². The van der Waals surface area contributed by atoms with Crippen molar-refractivity contribution in [1.29, 1.82) is 0 Å². The first-order valence-corrected chi connectivity index (χ1v) is 8.25. The van der Waals surface area contributed by atoms with Crippen LogP contribution in [0.1, 0.15) is 38.5 Å². The van der Waals surface area contributed by atoms with Gasteiger partial charge in [0.1, 0.15) is 5.75 Å². The van der Waals surface area contributed by atoms with Gasteiger partial charge >= 0.3 is 5.97 Å². The van der Waals surface area contributed by atoms with Gasteiger partial charge in [0.05, 0.1) is 12.1 Å². The Morgan fingerprint density at radius 2 is 2.00 bits per heavy atom. The monoisotopic (exact) mass is 339 g/mol. The summed E-state index contributed by atoms with van der Waals surface area (Å²) in [5.41, 5.74) is 0.532. The number of methoxy groups -OCH3 is 1. The van der Waals surface area contributed by atoms with E-state index in [-0.39, 0.29) is 18.5 Å². The lowest BCUT2D eigenvalue weighted by Gasteiger charge is -2.20. The van der Waals surface area contributed by atoms with Crippen molar-refractivity contribution in [2.45, 2.75) is 38.5 Å². The van der Waals surface area contributed by atoms with E-state index < -0.39 is 0 Å². The quantitative estimate of drug-likeness (QED) is 0.800. The minimum absolute atomic E-state index is 0.283. The zero-order valence-electron chi connectivity index (χ0n) is 13.3. The molecule has 1 aromatic carbocycles. The number of carbonyl (C=O) groups is 2. The van der Waals surface area contributed by atoms with E-state index in [4.69, 9.17) is 21.1 Å². The van der Waals surface area contributed by atoms with E-state index in [2.05, 4.69) is 5.32 Å². The van der Waals surface area contributed by atoms with Gasteiger partial charge in [-0.25, -0.2) is 0 Å². The number of anilines is 1. The summed E-state index contributed by atoms with van der Waals surface area (Å²) in [6.07, 6.45) is 6.16. The molecule has 0 atom stereocenters. The highest BCUT2D eigenvalue weighted by molar-refractivity contribution is 6.32. The van der Waals surface area contributed by atoms with Crippen LogP contribution in [0.5, 0.6) is 5.75 Å². The molecule has 0 heterocycles.